The smallest absolute Gasteiger partial charge is 0.246 e. The Morgan fingerprint density at radius 1 is 0.607 bits per heavy atom. The van der Waals surface area contributed by atoms with Crippen LogP contribution in [-0.2, 0) is 52.8 Å². The minimum absolute atomic E-state index is 0.0609. The number of rotatable bonds is 8. The largest absolute Gasteiger partial charge is 0.370 e. The number of carbonyl (C=O) groups is 6. The molecule has 3 fully saturated rings. The number of fused-ring (bicyclic) bond motifs is 3. The molecule has 3 aromatic carbocycles. The van der Waals surface area contributed by atoms with Gasteiger partial charge in [-0.3, -0.25) is 28.8 Å². The van der Waals surface area contributed by atoms with Gasteiger partial charge in [0.25, 0.3) is 0 Å². The lowest BCUT2D eigenvalue weighted by Gasteiger charge is -2.35. The third-order valence-corrected chi connectivity index (χ3v) is 11.8. The monoisotopic (exact) mass is 831 g/mol. The molecule has 7 rings (SSSR count). The average Bonchev–Trinajstić information content (AvgIpc) is 4.02. The summed E-state index contributed by atoms with van der Waals surface area (Å²) in [5, 5.41) is 12.6. The molecule has 4 heterocycles. The standard InChI is InChI=1S/C47H57N7O7/c1-29(61-47(2,3)4)40-44(58)51-37(26-31-17-9-6-10-18-31)45(59)54-24-14-22-39(54)46(60)53-23-13-21-38(53)43(57)50-36(27-32-28-48-34-20-12-11-19-33(32)34)41(55)49-35(42(56)52-40)25-30-15-7-5-8-16-30/h5-12,15-20,28-29,35-40,48H,13-14,21-27H2,1-4H3,(H,49,55)(H,50,57)(H,51,58)(H,52,56)/t29-,35+,36-,37+,38-,39+,40+/m1/s1. The molecule has 5 N–H and O–H groups in total. The van der Waals surface area contributed by atoms with Crippen LogP contribution in [0.1, 0.15) is 70.1 Å². The van der Waals surface area contributed by atoms with Crippen LogP contribution < -0.4 is 21.3 Å². The van der Waals surface area contributed by atoms with Crippen molar-refractivity contribution in [3.05, 3.63) is 108 Å². The summed E-state index contributed by atoms with van der Waals surface area (Å²) in [6.45, 7) is 7.78. The van der Waals surface area contributed by atoms with Gasteiger partial charge >= 0.3 is 0 Å². The second-order valence-electron chi connectivity index (χ2n) is 17.4. The molecular formula is C47H57N7O7. The molecule has 14 nitrogen and oxygen atoms in total. The minimum Gasteiger partial charge on any atom is -0.370 e. The molecule has 3 aliphatic heterocycles. The summed E-state index contributed by atoms with van der Waals surface area (Å²) in [6, 6.07) is 19.6. The van der Waals surface area contributed by atoms with Crippen LogP contribution in [0.3, 0.4) is 0 Å². The first-order chi connectivity index (χ1) is 29.3. The van der Waals surface area contributed by atoms with E-state index in [9.17, 15) is 28.8 Å². The van der Waals surface area contributed by atoms with Gasteiger partial charge in [0, 0.05) is 49.5 Å². The van der Waals surface area contributed by atoms with Gasteiger partial charge in [-0.2, -0.15) is 0 Å². The van der Waals surface area contributed by atoms with Crippen molar-refractivity contribution in [2.45, 2.75) is 121 Å². The molecule has 3 saturated heterocycles. The Morgan fingerprint density at radius 2 is 1.13 bits per heavy atom. The Morgan fingerprint density at radius 3 is 1.79 bits per heavy atom. The zero-order chi connectivity index (χ0) is 43.3. The van der Waals surface area contributed by atoms with E-state index < -0.39 is 77.5 Å². The number of hydrogen-bond donors (Lipinski definition) is 5. The Labute approximate surface area is 356 Å². The number of benzene rings is 3. The molecule has 0 aliphatic carbocycles. The normalized spacial score (nSPS) is 25.2. The molecule has 0 unspecified atom stereocenters. The fourth-order valence-corrected chi connectivity index (χ4v) is 8.90. The maximum atomic E-state index is 14.7. The predicted molar refractivity (Wildman–Crippen MR) is 230 cm³/mol. The first kappa shape index (κ1) is 43.1. The second kappa shape index (κ2) is 18.7. The molecule has 6 amide bonds. The Balaban J connectivity index is 1.30. The van der Waals surface area contributed by atoms with Gasteiger partial charge < -0.3 is 40.8 Å². The quantitative estimate of drug-likeness (QED) is 0.181. The van der Waals surface area contributed by atoms with E-state index in [-0.39, 0.29) is 25.2 Å². The van der Waals surface area contributed by atoms with Gasteiger partial charge in [-0.05, 0) is 76.1 Å². The zero-order valence-electron chi connectivity index (χ0n) is 35.3. The van der Waals surface area contributed by atoms with E-state index in [0.717, 1.165) is 27.6 Å². The minimum atomic E-state index is -1.31. The number of aromatic amines is 1. The fourth-order valence-electron chi connectivity index (χ4n) is 8.90. The first-order valence-electron chi connectivity index (χ1n) is 21.4. The third kappa shape index (κ3) is 10.3. The highest BCUT2D eigenvalue weighted by Crippen LogP contribution is 2.27. The molecule has 61 heavy (non-hydrogen) atoms. The molecule has 0 bridgehead atoms. The van der Waals surface area contributed by atoms with Gasteiger partial charge in [-0.25, -0.2) is 0 Å². The van der Waals surface area contributed by atoms with Crippen LogP contribution >= 0.6 is 0 Å². The van der Waals surface area contributed by atoms with Crippen LogP contribution in [0, 0.1) is 0 Å². The first-order valence-corrected chi connectivity index (χ1v) is 21.4. The second-order valence-corrected chi connectivity index (χ2v) is 17.4. The maximum absolute atomic E-state index is 14.7. The van der Waals surface area contributed by atoms with Crippen LogP contribution in [0.5, 0.6) is 0 Å². The predicted octanol–water partition coefficient (Wildman–Crippen LogP) is 3.33. The highest BCUT2D eigenvalue weighted by atomic mass is 16.5. The Kier molecular flexibility index (Phi) is 13.2. The number of nitrogens with one attached hydrogen (secondary N) is 5. The van der Waals surface area contributed by atoms with Gasteiger partial charge in [0.1, 0.15) is 36.3 Å². The molecule has 1 aromatic heterocycles. The van der Waals surface area contributed by atoms with Crippen molar-refractivity contribution in [1.82, 2.24) is 36.1 Å². The van der Waals surface area contributed by atoms with E-state index in [0.29, 0.717) is 38.8 Å². The van der Waals surface area contributed by atoms with Crippen molar-refractivity contribution < 1.29 is 33.5 Å². The summed E-state index contributed by atoms with van der Waals surface area (Å²) >= 11 is 0. The van der Waals surface area contributed by atoms with Crippen LogP contribution in [0.2, 0.25) is 0 Å². The lowest BCUT2D eigenvalue weighted by Crippen LogP contribution is -2.63. The van der Waals surface area contributed by atoms with Crippen molar-refractivity contribution in [3.63, 3.8) is 0 Å². The van der Waals surface area contributed by atoms with Crippen molar-refractivity contribution in [2.75, 3.05) is 13.1 Å². The summed E-state index contributed by atoms with van der Waals surface area (Å²) in [5.74, 6) is -3.18. The molecule has 7 atom stereocenters. The molecule has 0 spiro atoms. The van der Waals surface area contributed by atoms with Gasteiger partial charge in [0.15, 0.2) is 0 Å². The Hall–Kier alpha value is -6.02. The number of para-hydroxylation sites is 1. The number of aromatic nitrogens is 1. The molecular weight excluding hydrogens is 775 g/mol. The highest BCUT2D eigenvalue weighted by Gasteiger charge is 2.45. The van der Waals surface area contributed by atoms with Crippen molar-refractivity contribution in [1.29, 1.82) is 0 Å². The summed E-state index contributed by atoms with van der Waals surface area (Å²) < 4.78 is 6.27. The SMILES string of the molecule is C[C@@H](OC(C)(C)C)[C@@H]1NC(=O)[C@H](Cc2ccccc2)NC(=O)[C@@H](Cc2c[nH]c3ccccc23)NC(=O)[C@H]2CCCN2C(=O)[C@@H]2CCCN2C(=O)[C@H](Cc2ccccc2)NC1=O. The number of ether oxygens (including phenoxy) is 1. The van der Waals surface area contributed by atoms with E-state index in [2.05, 4.69) is 26.3 Å². The van der Waals surface area contributed by atoms with E-state index in [1.165, 1.54) is 9.80 Å². The van der Waals surface area contributed by atoms with E-state index in [4.69, 9.17) is 4.74 Å². The molecule has 322 valence electrons. The molecule has 3 aliphatic rings. The van der Waals surface area contributed by atoms with Crippen LogP contribution in [0.15, 0.2) is 91.1 Å². The van der Waals surface area contributed by atoms with E-state index in [1.54, 1.807) is 13.1 Å². The zero-order valence-corrected chi connectivity index (χ0v) is 35.3. The average molecular weight is 832 g/mol. The summed E-state index contributed by atoms with van der Waals surface area (Å²) in [7, 11) is 0. The molecule has 0 radical (unpaired) electrons. The van der Waals surface area contributed by atoms with Gasteiger partial charge in [-0.15, -0.1) is 0 Å². The van der Waals surface area contributed by atoms with Crippen molar-refractivity contribution >= 4 is 46.3 Å². The lowest BCUT2D eigenvalue weighted by atomic mass is 10.00. The van der Waals surface area contributed by atoms with Crippen LogP contribution in [-0.4, -0.2) is 111 Å². The van der Waals surface area contributed by atoms with Crippen LogP contribution in [0.25, 0.3) is 10.9 Å². The lowest BCUT2D eigenvalue weighted by molar-refractivity contribution is -0.149. The fraction of sp³-hybridized carbons (Fsp3) is 0.447. The molecule has 4 aromatic rings. The number of carbonyl (C=O) groups excluding carboxylic acids is 6. The topological polar surface area (TPSA) is 182 Å². The molecule has 14 heteroatoms. The number of nitrogens with zero attached hydrogens (tertiary/aromatic N) is 2. The van der Waals surface area contributed by atoms with Crippen LogP contribution in [0.4, 0.5) is 0 Å². The Bertz CT molecular complexity index is 2220. The van der Waals surface area contributed by atoms with Crippen molar-refractivity contribution in [3.8, 4) is 0 Å². The van der Waals surface area contributed by atoms with Gasteiger partial charge in [0.2, 0.25) is 35.4 Å². The van der Waals surface area contributed by atoms with E-state index in [1.807, 2.05) is 106 Å². The number of H-pyrrole nitrogens is 1. The van der Waals surface area contributed by atoms with Gasteiger partial charge in [0.05, 0.1) is 11.7 Å². The van der Waals surface area contributed by atoms with E-state index >= 15 is 0 Å². The van der Waals surface area contributed by atoms with Crippen molar-refractivity contribution in [2.24, 2.45) is 0 Å². The summed E-state index contributed by atoms with van der Waals surface area (Å²) in [4.78, 5) is 93.8. The number of hydrogen-bond acceptors (Lipinski definition) is 7. The maximum Gasteiger partial charge on any atom is 0.246 e. The summed E-state index contributed by atoms with van der Waals surface area (Å²) in [5.41, 5.74) is 2.44. The highest BCUT2D eigenvalue weighted by molar-refractivity contribution is 5.99. The number of amides is 6. The van der Waals surface area contributed by atoms with Gasteiger partial charge in [-0.1, -0.05) is 78.9 Å². The molecule has 0 saturated carbocycles. The summed E-state index contributed by atoms with van der Waals surface area (Å²) in [6.07, 6.45) is 3.06. The third-order valence-electron chi connectivity index (χ3n) is 11.8.